The molecular weight excluding hydrogens is 212 g/mol. The van der Waals surface area contributed by atoms with Gasteiger partial charge in [-0.25, -0.2) is 0 Å². The molecule has 0 saturated carbocycles. The standard InChI is InChI=1S/2C4H8O.C3H8O3/c2*1-2-4-5-3-1;4-1-3(6)2-5/h2*1-4H2;3-6H,1-2H2. The molecule has 2 saturated heterocycles. The van der Waals surface area contributed by atoms with Gasteiger partial charge in [0.2, 0.25) is 0 Å². The predicted molar refractivity (Wildman–Crippen MR) is 60.3 cm³/mol. The molecule has 2 fully saturated rings. The topological polar surface area (TPSA) is 79.2 Å². The Kier molecular flexibility index (Phi) is 12.7. The van der Waals surface area contributed by atoms with E-state index in [9.17, 15) is 0 Å². The van der Waals surface area contributed by atoms with Crippen molar-refractivity contribution in [2.45, 2.75) is 31.8 Å². The summed E-state index contributed by atoms with van der Waals surface area (Å²) in [4.78, 5) is 0. The monoisotopic (exact) mass is 236 g/mol. The van der Waals surface area contributed by atoms with Gasteiger partial charge in [-0.1, -0.05) is 0 Å². The summed E-state index contributed by atoms with van der Waals surface area (Å²) in [6.07, 6.45) is 4.16. The predicted octanol–water partition coefficient (Wildman–Crippen LogP) is -0.0745. The zero-order valence-electron chi connectivity index (χ0n) is 9.81. The first kappa shape index (κ1) is 15.8. The van der Waals surface area contributed by atoms with E-state index < -0.39 is 6.10 Å². The van der Waals surface area contributed by atoms with Gasteiger partial charge in [0.15, 0.2) is 0 Å². The Labute approximate surface area is 97.0 Å². The molecule has 0 spiro atoms. The van der Waals surface area contributed by atoms with Gasteiger partial charge in [0.25, 0.3) is 0 Å². The molecule has 2 aliphatic heterocycles. The van der Waals surface area contributed by atoms with Crippen molar-refractivity contribution in [1.29, 1.82) is 0 Å². The molecule has 2 rings (SSSR count). The summed E-state index contributed by atoms with van der Waals surface area (Å²) in [5.74, 6) is 0. The highest BCUT2D eigenvalue weighted by Gasteiger charge is 1.95. The Bertz CT molecular complexity index is 94.3. The smallest absolute Gasteiger partial charge is 0.100 e. The van der Waals surface area contributed by atoms with Crippen LogP contribution in [0, 0.1) is 0 Å². The van der Waals surface area contributed by atoms with Gasteiger partial charge >= 0.3 is 0 Å². The third-order valence-electron chi connectivity index (χ3n) is 2.08. The highest BCUT2D eigenvalue weighted by atomic mass is 16.5. The number of hydrogen-bond donors (Lipinski definition) is 3. The molecule has 98 valence electrons. The first-order chi connectivity index (χ1) is 7.81. The minimum Gasteiger partial charge on any atom is -0.394 e. The van der Waals surface area contributed by atoms with Crippen LogP contribution in [0.2, 0.25) is 0 Å². The van der Waals surface area contributed by atoms with Gasteiger partial charge < -0.3 is 24.8 Å². The molecule has 2 heterocycles. The van der Waals surface area contributed by atoms with E-state index in [0.29, 0.717) is 0 Å². The van der Waals surface area contributed by atoms with Crippen molar-refractivity contribution in [3.05, 3.63) is 0 Å². The summed E-state index contributed by atoms with van der Waals surface area (Å²) in [7, 11) is 0. The van der Waals surface area contributed by atoms with Crippen molar-refractivity contribution >= 4 is 0 Å². The average molecular weight is 236 g/mol. The summed E-state index contributed by atoms with van der Waals surface area (Å²) in [6, 6.07) is 0. The van der Waals surface area contributed by atoms with Crippen molar-refractivity contribution in [1.82, 2.24) is 0 Å². The minimum absolute atomic E-state index is 0.365. The average Bonchev–Trinajstić information content (AvgIpc) is 3.03. The maximum absolute atomic E-state index is 8.17. The van der Waals surface area contributed by atoms with E-state index in [1.54, 1.807) is 0 Å². The molecule has 0 aromatic carbocycles. The molecule has 2 aliphatic rings. The summed E-state index contributed by atoms with van der Waals surface area (Å²) in [5, 5.41) is 24.0. The zero-order valence-corrected chi connectivity index (χ0v) is 9.81. The van der Waals surface area contributed by atoms with E-state index in [1.165, 1.54) is 25.7 Å². The lowest BCUT2D eigenvalue weighted by Crippen LogP contribution is -2.15. The Morgan fingerprint density at radius 3 is 1.12 bits per heavy atom. The number of ether oxygens (including phenoxy) is 2. The Balaban J connectivity index is 0.000000211. The fourth-order valence-corrected chi connectivity index (χ4v) is 1.08. The molecule has 5 heteroatoms. The second-order valence-electron chi connectivity index (χ2n) is 3.66. The van der Waals surface area contributed by atoms with Crippen LogP contribution in [-0.2, 0) is 9.47 Å². The van der Waals surface area contributed by atoms with Crippen LogP contribution in [0.1, 0.15) is 25.7 Å². The van der Waals surface area contributed by atoms with E-state index in [0.717, 1.165) is 26.4 Å². The maximum Gasteiger partial charge on any atom is 0.100 e. The quantitative estimate of drug-likeness (QED) is 0.625. The first-order valence-electron chi connectivity index (χ1n) is 5.86. The van der Waals surface area contributed by atoms with Gasteiger partial charge in [-0.15, -0.1) is 0 Å². The molecule has 0 bridgehead atoms. The van der Waals surface area contributed by atoms with Gasteiger partial charge in [0.05, 0.1) is 13.2 Å². The first-order valence-corrected chi connectivity index (χ1v) is 5.86. The fourth-order valence-electron chi connectivity index (χ4n) is 1.08. The number of aliphatic hydroxyl groups is 3. The summed E-state index contributed by atoms with van der Waals surface area (Å²) < 4.78 is 9.89. The van der Waals surface area contributed by atoms with Gasteiger partial charge in [-0.05, 0) is 25.7 Å². The summed E-state index contributed by atoms with van der Waals surface area (Å²) in [6.45, 7) is 3.27. The highest BCUT2D eigenvalue weighted by Crippen LogP contribution is 1.98. The fraction of sp³-hybridized carbons (Fsp3) is 1.00. The van der Waals surface area contributed by atoms with Gasteiger partial charge in [-0.2, -0.15) is 0 Å². The van der Waals surface area contributed by atoms with Crippen LogP contribution in [0.4, 0.5) is 0 Å². The van der Waals surface area contributed by atoms with Gasteiger partial charge in [0, 0.05) is 26.4 Å². The third-order valence-corrected chi connectivity index (χ3v) is 2.08. The Hall–Kier alpha value is -0.200. The molecule has 0 aliphatic carbocycles. The number of aliphatic hydroxyl groups excluding tert-OH is 3. The van der Waals surface area contributed by atoms with Crippen LogP contribution in [0.25, 0.3) is 0 Å². The normalized spacial score (nSPS) is 18.8. The maximum atomic E-state index is 8.17. The van der Waals surface area contributed by atoms with Crippen LogP contribution >= 0.6 is 0 Å². The second-order valence-corrected chi connectivity index (χ2v) is 3.66. The lowest BCUT2D eigenvalue weighted by Gasteiger charge is -1.96. The lowest BCUT2D eigenvalue weighted by atomic mass is 10.4. The van der Waals surface area contributed by atoms with Crippen LogP contribution in [0.5, 0.6) is 0 Å². The number of rotatable bonds is 2. The van der Waals surface area contributed by atoms with Gasteiger partial charge in [-0.3, -0.25) is 0 Å². The lowest BCUT2D eigenvalue weighted by molar-refractivity contribution is 0.0450. The van der Waals surface area contributed by atoms with Crippen LogP contribution in [0.3, 0.4) is 0 Å². The largest absolute Gasteiger partial charge is 0.394 e. The summed E-state index contributed by atoms with van der Waals surface area (Å²) >= 11 is 0. The molecule has 0 atom stereocenters. The van der Waals surface area contributed by atoms with Crippen molar-refractivity contribution in [2.75, 3.05) is 39.6 Å². The SMILES string of the molecule is C1CCOC1.C1CCOC1.OCC(O)CO. The Morgan fingerprint density at radius 2 is 1.06 bits per heavy atom. The molecule has 0 aromatic rings. The van der Waals surface area contributed by atoms with Crippen molar-refractivity contribution < 1.29 is 24.8 Å². The van der Waals surface area contributed by atoms with Crippen LogP contribution in [-0.4, -0.2) is 61.1 Å². The zero-order chi connectivity index (χ0) is 12.1. The molecule has 16 heavy (non-hydrogen) atoms. The van der Waals surface area contributed by atoms with E-state index in [1.807, 2.05) is 0 Å². The molecule has 0 amide bonds. The third kappa shape index (κ3) is 11.9. The van der Waals surface area contributed by atoms with Crippen molar-refractivity contribution in [2.24, 2.45) is 0 Å². The molecule has 0 radical (unpaired) electrons. The number of hydrogen-bond acceptors (Lipinski definition) is 5. The van der Waals surface area contributed by atoms with Crippen molar-refractivity contribution in [3.8, 4) is 0 Å². The molecule has 0 aromatic heterocycles. The highest BCUT2D eigenvalue weighted by molar-refractivity contribution is 4.44. The molecular formula is C11H24O5. The van der Waals surface area contributed by atoms with E-state index in [2.05, 4.69) is 0 Å². The van der Waals surface area contributed by atoms with Crippen LogP contribution < -0.4 is 0 Å². The van der Waals surface area contributed by atoms with E-state index in [4.69, 9.17) is 24.8 Å². The summed E-state index contributed by atoms with van der Waals surface area (Å²) in [5.41, 5.74) is 0. The molecule has 0 unspecified atom stereocenters. The van der Waals surface area contributed by atoms with E-state index >= 15 is 0 Å². The molecule has 3 N–H and O–H groups in total. The van der Waals surface area contributed by atoms with Crippen molar-refractivity contribution in [3.63, 3.8) is 0 Å². The minimum atomic E-state index is -0.954. The van der Waals surface area contributed by atoms with E-state index in [-0.39, 0.29) is 13.2 Å². The van der Waals surface area contributed by atoms with Crippen LogP contribution in [0.15, 0.2) is 0 Å². The Morgan fingerprint density at radius 1 is 0.750 bits per heavy atom. The molecule has 5 nitrogen and oxygen atoms in total. The van der Waals surface area contributed by atoms with Gasteiger partial charge in [0.1, 0.15) is 6.10 Å². The second kappa shape index (κ2) is 12.9.